The molecule has 0 spiro atoms. The first-order valence-electron chi connectivity index (χ1n) is 10.2. The maximum Gasteiger partial charge on any atom is 0.326 e. The molecule has 0 aromatic rings. The molecule has 5 unspecified atom stereocenters. The van der Waals surface area contributed by atoms with Crippen LogP contribution in [0.5, 0.6) is 0 Å². The summed E-state index contributed by atoms with van der Waals surface area (Å²) in [6, 6.07) is -5.20. The van der Waals surface area contributed by atoms with Gasteiger partial charge in [-0.25, -0.2) is 4.79 Å². The van der Waals surface area contributed by atoms with Gasteiger partial charge in [0.05, 0.1) is 18.8 Å². The Morgan fingerprint density at radius 1 is 1.00 bits per heavy atom. The van der Waals surface area contributed by atoms with Crippen molar-refractivity contribution in [3.8, 4) is 0 Å². The highest BCUT2D eigenvalue weighted by Crippen LogP contribution is 2.03. The van der Waals surface area contributed by atoms with E-state index in [1.807, 2.05) is 6.26 Å². The normalized spacial score (nSPS) is 15.3. The highest BCUT2D eigenvalue weighted by atomic mass is 32.2. The highest BCUT2D eigenvalue weighted by molar-refractivity contribution is 7.98. The van der Waals surface area contributed by atoms with Gasteiger partial charge in [-0.05, 0) is 38.2 Å². The molecular formula is C18H35N7O7S. The fourth-order valence-corrected chi connectivity index (χ4v) is 3.02. The van der Waals surface area contributed by atoms with E-state index in [-0.39, 0.29) is 25.3 Å². The molecule has 3 amide bonds. The van der Waals surface area contributed by atoms with Crippen molar-refractivity contribution in [1.29, 1.82) is 0 Å². The lowest BCUT2D eigenvalue weighted by atomic mass is 10.1. The summed E-state index contributed by atoms with van der Waals surface area (Å²) in [5.74, 6) is -3.45. The van der Waals surface area contributed by atoms with Gasteiger partial charge in [0.2, 0.25) is 17.7 Å². The number of carbonyl (C=O) groups is 4. The minimum atomic E-state index is -1.53. The number of nitrogens with zero attached hydrogens (tertiary/aromatic N) is 1. The number of amides is 3. The Kier molecular flexibility index (Phi) is 14.8. The van der Waals surface area contributed by atoms with E-state index in [9.17, 15) is 34.5 Å². The molecule has 33 heavy (non-hydrogen) atoms. The monoisotopic (exact) mass is 493 g/mol. The van der Waals surface area contributed by atoms with Crippen LogP contribution < -0.4 is 33.2 Å². The van der Waals surface area contributed by atoms with Crippen molar-refractivity contribution in [2.75, 3.05) is 25.2 Å². The number of carbonyl (C=O) groups excluding carboxylic acids is 3. The number of aliphatic imine (C=N–C) groups is 1. The fourth-order valence-electron chi connectivity index (χ4n) is 2.53. The molecule has 0 aliphatic carbocycles. The summed E-state index contributed by atoms with van der Waals surface area (Å²) >= 11 is 1.49. The molecule has 190 valence electrons. The average molecular weight is 494 g/mol. The van der Waals surface area contributed by atoms with Crippen LogP contribution in [-0.4, -0.2) is 100 Å². The molecule has 0 aromatic heterocycles. The summed E-state index contributed by atoms with van der Waals surface area (Å²) in [6.07, 6.45) is 1.09. The molecule has 0 aromatic carbocycles. The van der Waals surface area contributed by atoms with E-state index in [0.717, 1.165) is 0 Å². The van der Waals surface area contributed by atoms with Crippen molar-refractivity contribution in [3.05, 3.63) is 0 Å². The zero-order valence-corrected chi connectivity index (χ0v) is 19.5. The lowest BCUT2D eigenvalue weighted by Gasteiger charge is -2.25. The molecule has 12 N–H and O–H groups in total. The van der Waals surface area contributed by atoms with E-state index in [1.165, 1.54) is 18.7 Å². The predicted octanol–water partition coefficient (Wildman–Crippen LogP) is -3.97. The number of aliphatic hydroxyl groups excluding tert-OH is 2. The van der Waals surface area contributed by atoms with Gasteiger partial charge in [0.25, 0.3) is 0 Å². The Morgan fingerprint density at radius 3 is 2.09 bits per heavy atom. The molecule has 0 fully saturated rings. The van der Waals surface area contributed by atoms with Crippen molar-refractivity contribution in [2.24, 2.45) is 22.2 Å². The molecular weight excluding hydrogens is 458 g/mol. The fraction of sp³-hybridized carbons (Fsp3) is 0.722. The van der Waals surface area contributed by atoms with Gasteiger partial charge in [-0.1, -0.05) is 0 Å². The highest BCUT2D eigenvalue weighted by Gasteiger charge is 2.32. The number of hydrogen-bond acceptors (Lipinski definition) is 9. The molecule has 0 rings (SSSR count). The van der Waals surface area contributed by atoms with Crippen molar-refractivity contribution >= 4 is 41.4 Å². The summed E-state index contributed by atoms with van der Waals surface area (Å²) in [4.78, 5) is 52.3. The molecule has 0 heterocycles. The number of hydrogen-bond donors (Lipinski definition) is 9. The largest absolute Gasteiger partial charge is 0.480 e. The summed E-state index contributed by atoms with van der Waals surface area (Å²) in [5, 5.41) is 35.4. The van der Waals surface area contributed by atoms with Crippen molar-refractivity contribution in [2.45, 2.75) is 56.5 Å². The first kappa shape index (κ1) is 30.4. The first-order valence-corrected chi connectivity index (χ1v) is 11.6. The third-order valence-electron chi connectivity index (χ3n) is 4.41. The minimum Gasteiger partial charge on any atom is -0.480 e. The SMILES string of the molecule is CSCCC(N)C(=O)NC(C(=O)NC(CO)C(=O)NC(CCCN=C(N)N)C(=O)O)C(C)O. The van der Waals surface area contributed by atoms with Crippen LogP contribution in [0.15, 0.2) is 4.99 Å². The van der Waals surface area contributed by atoms with Crippen LogP contribution in [0.4, 0.5) is 0 Å². The van der Waals surface area contributed by atoms with E-state index in [4.69, 9.17) is 17.2 Å². The number of nitrogens with two attached hydrogens (primary N) is 3. The summed E-state index contributed by atoms with van der Waals surface area (Å²) in [7, 11) is 0. The van der Waals surface area contributed by atoms with E-state index in [0.29, 0.717) is 12.2 Å². The topological polar surface area (TPSA) is 255 Å². The van der Waals surface area contributed by atoms with Crippen LogP contribution in [0.3, 0.4) is 0 Å². The molecule has 0 saturated carbocycles. The maximum absolute atomic E-state index is 12.5. The second kappa shape index (κ2) is 16.1. The lowest BCUT2D eigenvalue weighted by molar-refractivity contribution is -0.143. The Hall–Kier alpha value is -2.62. The Bertz CT molecular complexity index is 689. The third kappa shape index (κ3) is 12.3. The summed E-state index contributed by atoms with van der Waals surface area (Å²) in [5.41, 5.74) is 16.1. The third-order valence-corrected chi connectivity index (χ3v) is 5.05. The van der Waals surface area contributed by atoms with Crippen molar-refractivity contribution in [1.82, 2.24) is 16.0 Å². The second-order valence-corrected chi connectivity index (χ2v) is 8.19. The van der Waals surface area contributed by atoms with Gasteiger partial charge in [-0.2, -0.15) is 11.8 Å². The van der Waals surface area contributed by atoms with Gasteiger partial charge in [-0.3, -0.25) is 19.4 Å². The standard InChI is InChI=1S/C18H35N7O7S/c1-9(27)13(25-14(28)10(19)5-7-33-2)16(30)24-12(8-26)15(29)23-11(17(31)32)4-3-6-22-18(20)21/h9-13,26-27H,3-8,19H2,1-2H3,(H,23,29)(H,24,30)(H,25,28)(H,31,32)(H4,20,21,22). The first-order chi connectivity index (χ1) is 15.4. The Labute approximate surface area is 196 Å². The average Bonchev–Trinajstić information content (AvgIpc) is 2.74. The molecule has 0 aliphatic rings. The number of carboxylic acids is 1. The van der Waals surface area contributed by atoms with Crippen LogP contribution in [0.25, 0.3) is 0 Å². The van der Waals surface area contributed by atoms with Crippen molar-refractivity contribution in [3.63, 3.8) is 0 Å². The van der Waals surface area contributed by atoms with Gasteiger partial charge in [0.15, 0.2) is 5.96 Å². The van der Waals surface area contributed by atoms with Crippen LogP contribution in [0.2, 0.25) is 0 Å². The summed E-state index contributed by atoms with van der Waals surface area (Å²) in [6.45, 7) is 0.547. The van der Waals surface area contributed by atoms with Crippen LogP contribution >= 0.6 is 11.8 Å². The van der Waals surface area contributed by atoms with Crippen LogP contribution in [0.1, 0.15) is 26.2 Å². The molecule has 14 nitrogen and oxygen atoms in total. The van der Waals surface area contributed by atoms with Gasteiger partial charge >= 0.3 is 5.97 Å². The number of carboxylic acid groups (broad SMARTS) is 1. The van der Waals surface area contributed by atoms with Gasteiger partial charge < -0.3 is 48.5 Å². The Balaban J connectivity index is 5.07. The smallest absolute Gasteiger partial charge is 0.326 e. The van der Waals surface area contributed by atoms with Crippen molar-refractivity contribution < 1.29 is 34.5 Å². The summed E-state index contributed by atoms with van der Waals surface area (Å²) < 4.78 is 0. The van der Waals surface area contributed by atoms with Gasteiger partial charge in [0.1, 0.15) is 18.1 Å². The maximum atomic E-state index is 12.5. The molecule has 0 aliphatic heterocycles. The zero-order valence-electron chi connectivity index (χ0n) is 18.7. The van der Waals surface area contributed by atoms with E-state index < -0.39 is 60.6 Å². The number of nitrogens with one attached hydrogen (secondary N) is 3. The molecule has 0 radical (unpaired) electrons. The number of aliphatic hydroxyl groups is 2. The predicted molar refractivity (Wildman–Crippen MR) is 123 cm³/mol. The molecule has 15 heteroatoms. The number of thioether (sulfide) groups is 1. The lowest BCUT2D eigenvalue weighted by Crippen LogP contribution is -2.60. The number of rotatable bonds is 16. The number of guanidine groups is 1. The number of aliphatic carboxylic acids is 1. The van der Waals surface area contributed by atoms with Gasteiger partial charge in [0, 0.05) is 6.54 Å². The van der Waals surface area contributed by atoms with Crippen LogP contribution in [-0.2, 0) is 19.2 Å². The van der Waals surface area contributed by atoms with Crippen LogP contribution in [0, 0.1) is 0 Å². The zero-order chi connectivity index (χ0) is 25.6. The quantitative estimate of drug-likeness (QED) is 0.0569. The second-order valence-electron chi connectivity index (χ2n) is 7.21. The van der Waals surface area contributed by atoms with E-state index in [1.54, 1.807) is 0 Å². The van der Waals surface area contributed by atoms with E-state index >= 15 is 0 Å². The Morgan fingerprint density at radius 2 is 1.61 bits per heavy atom. The molecule has 5 atom stereocenters. The molecule has 0 bridgehead atoms. The van der Waals surface area contributed by atoms with Gasteiger partial charge in [-0.15, -0.1) is 0 Å². The minimum absolute atomic E-state index is 0.00968. The van der Waals surface area contributed by atoms with E-state index in [2.05, 4.69) is 20.9 Å². The molecule has 0 saturated heterocycles.